The first-order valence-electron chi connectivity index (χ1n) is 7.86. The number of hydrogen-bond acceptors (Lipinski definition) is 5. The number of hydrogen-bond donors (Lipinski definition) is 1. The molecule has 0 bridgehead atoms. The number of amides is 1. The van der Waals surface area contributed by atoms with Crippen molar-refractivity contribution < 1.29 is 28.0 Å². The Kier molecular flexibility index (Phi) is 6.17. The number of nitrogens with zero attached hydrogens (tertiary/aromatic N) is 1. The van der Waals surface area contributed by atoms with Gasteiger partial charge in [0, 0.05) is 23.3 Å². The van der Waals surface area contributed by atoms with Gasteiger partial charge >= 0.3 is 5.97 Å². The number of nitro groups is 1. The summed E-state index contributed by atoms with van der Waals surface area (Å²) in [6.45, 7) is 2.23. The molecular formula is C18H16F2N2O5. The van der Waals surface area contributed by atoms with Gasteiger partial charge in [-0.3, -0.25) is 14.9 Å². The van der Waals surface area contributed by atoms with Crippen molar-refractivity contribution in [3.63, 3.8) is 0 Å². The summed E-state index contributed by atoms with van der Waals surface area (Å²) in [4.78, 5) is 34.2. The van der Waals surface area contributed by atoms with Crippen molar-refractivity contribution in [2.24, 2.45) is 0 Å². The molecule has 9 heteroatoms. The second-order valence-corrected chi connectivity index (χ2v) is 5.74. The van der Waals surface area contributed by atoms with E-state index in [0.717, 1.165) is 6.07 Å². The summed E-state index contributed by atoms with van der Waals surface area (Å²) in [6, 6.07) is 6.11. The molecule has 7 nitrogen and oxygen atoms in total. The van der Waals surface area contributed by atoms with Crippen molar-refractivity contribution in [3.05, 3.63) is 74.8 Å². The van der Waals surface area contributed by atoms with E-state index >= 15 is 0 Å². The van der Waals surface area contributed by atoms with Crippen LogP contribution in [0, 0.1) is 28.7 Å². The minimum atomic E-state index is -0.896. The Morgan fingerprint density at radius 2 is 1.96 bits per heavy atom. The summed E-state index contributed by atoms with van der Waals surface area (Å²) >= 11 is 0. The summed E-state index contributed by atoms with van der Waals surface area (Å²) in [5.74, 6) is -3.15. The average molecular weight is 378 g/mol. The highest BCUT2D eigenvalue weighted by Crippen LogP contribution is 2.22. The Labute approximate surface area is 153 Å². The van der Waals surface area contributed by atoms with Crippen LogP contribution in [0.15, 0.2) is 36.4 Å². The van der Waals surface area contributed by atoms with Gasteiger partial charge in [0.15, 0.2) is 6.61 Å². The van der Waals surface area contributed by atoms with Gasteiger partial charge in [0.2, 0.25) is 0 Å². The van der Waals surface area contributed by atoms with Gasteiger partial charge in [-0.1, -0.05) is 12.1 Å². The minimum absolute atomic E-state index is 0.0328. The van der Waals surface area contributed by atoms with E-state index < -0.39 is 41.1 Å². The number of halogens is 2. The summed E-state index contributed by atoms with van der Waals surface area (Å²) in [6.07, 6.45) is 0. The third-order valence-corrected chi connectivity index (χ3v) is 3.86. The van der Waals surface area contributed by atoms with E-state index in [0.29, 0.717) is 6.07 Å². The predicted molar refractivity (Wildman–Crippen MR) is 91.0 cm³/mol. The smallest absolute Gasteiger partial charge is 0.339 e. The fourth-order valence-electron chi connectivity index (χ4n) is 2.46. The zero-order chi connectivity index (χ0) is 20.1. The Morgan fingerprint density at radius 3 is 2.59 bits per heavy atom. The predicted octanol–water partition coefficient (Wildman–Crippen LogP) is 3.22. The fourth-order valence-corrected chi connectivity index (χ4v) is 2.46. The number of nitrogens with one attached hydrogen (secondary N) is 1. The number of carbonyl (C=O) groups excluding carboxylic acids is 2. The minimum Gasteiger partial charge on any atom is -0.452 e. The van der Waals surface area contributed by atoms with Gasteiger partial charge in [-0.2, -0.15) is 0 Å². The quantitative estimate of drug-likeness (QED) is 0.473. The van der Waals surface area contributed by atoms with Crippen LogP contribution in [0.1, 0.15) is 34.5 Å². The molecule has 0 aromatic heterocycles. The SMILES string of the molecule is Cc1c(C(=O)OCC(=O)N[C@H](C)c2ccc(F)cc2F)cccc1[N+](=O)[O-]. The molecule has 2 aromatic rings. The van der Waals surface area contributed by atoms with Gasteiger partial charge in [-0.25, -0.2) is 13.6 Å². The molecule has 2 rings (SSSR count). The first kappa shape index (κ1) is 20.0. The first-order chi connectivity index (χ1) is 12.7. The third-order valence-electron chi connectivity index (χ3n) is 3.86. The Hall–Kier alpha value is -3.36. The zero-order valence-corrected chi connectivity index (χ0v) is 14.5. The largest absolute Gasteiger partial charge is 0.452 e. The van der Waals surface area contributed by atoms with Gasteiger partial charge in [-0.15, -0.1) is 0 Å². The molecule has 1 amide bonds. The van der Waals surface area contributed by atoms with E-state index in [1.165, 1.54) is 38.1 Å². The lowest BCUT2D eigenvalue weighted by atomic mass is 10.1. The number of esters is 1. The number of benzene rings is 2. The molecule has 0 unspecified atom stereocenters. The average Bonchev–Trinajstić information content (AvgIpc) is 2.59. The molecule has 0 spiro atoms. The zero-order valence-electron chi connectivity index (χ0n) is 14.5. The molecule has 142 valence electrons. The lowest BCUT2D eigenvalue weighted by molar-refractivity contribution is -0.385. The highest BCUT2D eigenvalue weighted by atomic mass is 19.1. The number of nitro benzene ring substituents is 1. The molecule has 0 saturated carbocycles. The lowest BCUT2D eigenvalue weighted by Crippen LogP contribution is -2.31. The van der Waals surface area contributed by atoms with Crippen LogP contribution < -0.4 is 5.32 Å². The van der Waals surface area contributed by atoms with Crippen molar-refractivity contribution in [3.8, 4) is 0 Å². The van der Waals surface area contributed by atoms with E-state index in [-0.39, 0.29) is 22.4 Å². The van der Waals surface area contributed by atoms with E-state index in [2.05, 4.69) is 5.32 Å². The van der Waals surface area contributed by atoms with Crippen LogP contribution in [0.25, 0.3) is 0 Å². The number of carbonyl (C=O) groups is 2. The van der Waals surface area contributed by atoms with Crippen molar-refractivity contribution in [1.82, 2.24) is 5.32 Å². The van der Waals surface area contributed by atoms with Gasteiger partial charge in [0.1, 0.15) is 11.6 Å². The summed E-state index contributed by atoms with van der Waals surface area (Å²) < 4.78 is 31.5. The van der Waals surface area contributed by atoms with Crippen molar-refractivity contribution in [1.29, 1.82) is 0 Å². The van der Waals surface area contributed by atoms with Crippen LogP contribution in [0.5, 0.6) is 0 Å². The third kappa shape index (κ3) is 4.84. The molecule has 0 aliphatic carbocycles. The van der Waals surface area contributed by atoms with E-state index in [4.69, 9.17) is 4.74 Å². The van der Waals surface area contributed by atoms with Gasteiger partial charge in [-0.05, 0) is 26.0 Å². The number of ether oxygens (including phenoxy) is 1. The van der Waals surface area contributed by atoms with Crippen molar-refractivity contribution >= 4 is 17.6 Å². The summed E-state index contributed by atoms with van der Waals surface area (Å²) in [7, 11) is 0. The molecule has 0 fully saturated rings. The van der Waals surface area contributed by atoms with E-state index in [9.17, 15) is 28.5 Å². The molecule has 1 N–H and O–H groups in total. The van der Waals surface area contributed by atoms with Gasteiger partial charge in [0.25, 0.3) is 11.6 Å². The molecule has 0 saturated heterocycles. The maximum absolute atomic E-state index is 13.7. The van der Waals surface area contributed by atoms with Crippen LogP contribution in [0.4, 0.5) is 14.5 Å². The highest BCUT2D eigenvalue weighted by Gasteiger charge is 2.20. The fraction of sp³-hybridized carbons (Fsp3) is 0.222. The standard InChI is InChI=1S/C18H16F2N2O5/c1-10-13(4-3-5-16(10)22(25)26)18(24)27-9-17(23)21-11(2)14-7-6-12(19)8-15(14)20/h3-8,11H,9H2,1-2H3,(H,21,23)/t11-/m1/s1. The maximum atomic E-state index is 13.7. The van der Waals surface area contributed by atoms with Crippen LogP contribution in [-0.2, 0) is 9.53 Å². The molecule has 2 aromatic carbocycles. The van der Waals surface area contributed by atoms with E-state index in [1.807, 2.05) is 0 Å². The van der Waals surface area contributed by atoms with Crippen LogP contribution in [0.3, 0.4) is 0 Å². The monoisotopic (exact) mass is 378 g/mol. The second kappa shape index (κ2) is 8.35. The van der Waals surface area contributed by atoms with E-state index in [1.54, 1.807) is 0 Å². The molecule has 0 radical (unpaired) electrons. The lowest BCUT2D eigenvalue weighted by Gasteiger charge is -2.15. The first-order valence-corrected chi connectivity index (χ1v) is 7.86. The second-order valence-electron chi connectivity index (χ2n) is 5.74. The molecule has 27 heavy (non-hydrogen) atoms. The normalized spacial score (nSPS) is 11.6. The molecule has 0 aliphatic heterocycles. The topological polar surface area (TPSA) is 98.5 Å². The number of rotatable bonds is 6. The van der Waals surface area contributed by atoms with Crippen LogP contribution in [-0.4, -0.2) is 23.4 Å². The Bertz CT molecular complexity index is 901. The molecule has 0 aliphatic rings. The van der Waals surface area contributed by atoms with Crippen molar-refractivity contribution in [2.45, 2.75) is 19.9 Å². The maximum Gasteiger partial charge on any atom is 0.339 e. The Morgan fingerprint density at radius 1 is 1.26 bits per heavy atom. The molecule has 1 atom stereocenters. The Balaban J connectivity index is 1.98. The molecular weight excluding hydrogens is 362 g/mol. The van der Waals surface area contributed by atoms with Crippen LogP contribution in [0.2, 0.25) is 0 Å². The van der Waals surface area contributed by atoms with Gasteiger partial charge < -0.3 is 10.1 Å². The summed E-state index contributed by atoms with van der Waals surface area (Å²) in [5, 5.41) is 13.3. The van der Waals surface area contributed by atoms with Gasteiger partial charge in [0.05, 0.1) is 16.5 Å². The molecule has 0 heterocycles. The van der Waals surface area contributed by atoms with Crippen LogP contribution >= 0.6 is 0 Å². The highest BCUT2D eigenvalue weighted by molar-refractivity contribution is 5.93. The summed E-state index contributed by atoms with van der Waals surface area (Å²) in [5.41, 5.74) is -0.0794. The van der Waals surface area contributed by atoms with Crippen molar-refractivity contribution in [2.75, 3.05) is 6.61 Å².